The van der Waals surface area contributed by atoms with Gasteiger partial charge in [0.1, 0.15) is 11.4 Å². The molecule has 0 bridgehead atoms. The average Bonchev–Trinajstić information content (AvgIpc) is 2.71. The standard InChI is InChI=1S/C17H26FN3O2/c1-17(2,3)23-16(22)21-9-5-8-20(10-11-21)15-7-4-6-14(18)13(15)12-19/h4,6-7H,5,8-12,19H2,1-3H3. The molecule has 0 unspecified atom stereocenters. The van der Waals surface area contributed by atoms with Gasteiger partial charge in [0.05, 0.1) is 0 Å². The van der Waals surface area contributed by atoms with Gasteiger partial charge in [-0.15, -0.1) is 0 Å². The molecular weight excluding hydrogens is 297 g/mol. The van der Waals surface area contributed by atoms with Crippen molar-refractivity contribution in [3.05, 3.63) is 29.6 Å². The lowest BCUT2D eigenvalue weighted by Crippen LogP contribution is -2.39. The number of rotatable bonds is 2. The summed E-state index contributed by atoms with van der Waals surface area (Å²) in [5.74, 6) is -0.279. The summed E-state index contributed by atoms with van der Waals surface area (Å²) in [6, 6.07) is 5.01. The minimum atomic E-state index is -0.502. The van der Waals surface area contributed by atoms with E-state index in [0.717, 1.165) is 18.7 Å². The number of halogens is 1. The van der Waals surface area contributed by atoms with Gasteiger partial charge in [0.15, 0.2) is 0 Å². The lowest BCUT2D eigenvalue weighted by atomic mass is 10.1. The van der Waals surface area contributed by atoms with Gasteiger partial charge < -0.3 is 20.3 Å². The monoisotopic (exact) mass is 323 g/mol. The number of carbonyl (C=O) groups is 1. The highest BCUT2D eigenvalue weighted by Crippen LogP contribution is 2.24. The van der Waals surface area contributed by atoms with E-state index in [1.165, 1.54) is 6.07 Å². The Bertz CT molecular complexity index is 557. The first-order valence-corrected chi connectivity index (χ1v) is 8.02. The number of nitrogens with zero attached hydrogens (tertiary/aromatic N) is 2. The Morgan fingerprint density at radius 3 is 2.65 bits per heavy atom. The fourth-order valence-corrected chi connectivity index (χ4v) is 2.71. The molecule has 1 aliphatic heterocycles. The van der Waals surface area contributed by atoms with Crippen LogP contribution in [0.25, 0.3) is 0 Å². The second kappa shape index (κ2) is 7.17. The minimum Gasteiger partial charge on any atom is -0.444 e. The van der Waals surface area contributed by atoms with Crippen molar-refractivity contribution in [3.63, 3.8) is 0 Å². The third-order valence-electron chi connectivity index (χ3n) is 3.79. The third-order valence-corrected chi connectivity index (χ3v) is 3.79. The summed E-state index contributed by atoms with van der Waals surface area (Å²) in [6.45, 7) is 8.31. The maximum Gasteiger partial charge on any atom is 0.410 e. The van der Waals surface area contributed by atoms with E-state index < -0.39 is 5.60 Å². The number of carbonyl (C=O) groups excluding carboxylic acids is 1. The second-order valence-corrected chi connectivity index (χ2v) is 6.75. The molecule has 1 fully saturated rings. The molecular formula is C17H26FN3O2. The fourth-order valence-electron chi connectivity index (χ4n) is 2.71. The number of amides is 1. The predicted molar refractivity (Wildman–Crippen MR) is 88.9 cm³/mol. The molecule has 0 aliphatic carbocycles. The summed E-state index contributed by atoms with van der Waals surface area (Å²) in [5.41, 5.74) is 6.53. The van der Waals surface area contributed by atoms with Crippen molar-refractivity contribution >= 4 is 11.8 Å². The molecule has 0 saturated carbocycles. The van der Waals surface area contributed by atoms with Gasteiger partial charge in [-0.2, -0.15) is 0 Å². The number of nitrogens with two attached hydrogens (primary N) is 1. The van der Waals surface area contributed by atoms with Crippen LogP contribution in [0.5, 0.6) is 0 Å². The molecule has 1 saturated heterocycles. The Morgan fingerprint density at radius 1 is 1.26 bits per heavy atom. The molecule has 1 aromatic carbocycles. The summed E-state index contributed by atoms with van der Waals surface area (Å²) in [5, 5.41) is 0. The van der Waals surface area contributed by atoms with Crippen LogP contribution < -0.4 is 10.6 Å². The van der Waals surface area contributed by atoms with E-state index in [-0.39, 0.29) is 18.5 Å². The zero-order chi connectivity index (χ0) is 17.0. The number of hydrogen-bond donors (Lipinski definition) is 1. The molecule has 5 nitrogen and oxygen atoms in total. The lowest BCUT2D eigenvalue weighted by molar-refractivity contribution is 0.0263. The van der Waals surface area contributed by atoms with E-state index >= 15 is 0 Å². The van der Waals surface area contributed by atoms with Crippen LogP contribution in [-0.4, -0.2) is 42.8 Å². The molecule has 1 aliphatic rings. The summed E-state index contributed by atoms with van der Waals surface area (Å²) >= 11 is 0. The van der Waals surface area contributed by atoms with E-state index in [1.807, 2.05) is 26.8 Å². The van der Waals surface area contributed by atoms with Crippen molar-refractivity contribution in [1.82, 2.24) is 4.90 Å². The number of benzene rings is 1. The van der Waals surface area contributed by atoms with Crippen LogP contribution in [0, 0.1) is 5.82 Å². The SMILES string of the molecule is CC(C)(C)OC(=O)N1CCCN(c2cccc(F)c2CN)CC1. The highest BCUT2D eigenvalue weighted by Gasteiger charge is 2.25. The number of anilines is 1. The lowest BCUT2D eigenvalue weighted by Gasteiger charge is -2.27. The van der Waals surface area contributed by atoms with Gasteiger partial charge in [-0.25, -0.2) is 9.18 Å². The minimum absolute atomic E-state index is 0.161. The van der Waals surface area contributed by atoms with Crippen LogP contribution in [0.1, 0.15) is 32.8 Å². The fraction of sp³-hybridized carbons (Fsp3) is 0.588. The Kier molecular flexibility index (Phi) is 5.46. The van der Waals surface area contributed by atoms with Gasteiger partial charge in [-0.1, -0.05) is 6.07 Å². The Morgan fingerprint density at radius 2 is 2.00 bits per heavy atom. The quantitative estimate of drug-likeness (QED) is 0.909. The van der Waals surface area contributed by atoms with Crippen molar-refractivity contribution in [2.75, 3.05) is 31.1 Å². The number of hydrogen-bond acceptors (Lipinski definition) is 4. The van der Waals surface area contributed by atoms with Crippen LogP contribution in [0.15, 0.2) is 18.2 Å². The van der Waals surface area contributed by atoms with Crippen LogP contribution in [0.4, 0.5) is 14.9 Å². The zero-order valence-corrected chi connectivity index (χ0v) is 14.1. The van der Waals surface area contributed by atoms with Crippen LogP contribution >= 0.6 is 0 Å². The van der Waals surface area contributed by atoms with Crippen LogP contribution in [0.3, 0.4) is 0 Å². The molecule has 0 spiro atoms. The summed E-state index contributed by atoms with van der Waals surface area (Å²) in [7, 11) is 0. The first kappa shape index (κ1) is 17.5. The van der Waals surface area contributed by atoms with E-state index in [0.29, 0.717) is 25.2 Å². The molecule has 6 heteroatoms. The zero-order valence-electron chi connectivity index (χ0n) is 14.1. The highest BCUT2D eigenvalue weighted by molar-refractivity contribution is 5.68. The summed E-state index contributed by atoms with van der Waals surface area (Å²) < 4.78 is 19.3. The molecule has 0 aromatic heterocycles. The molecule has 2 N–H and O–H groups in total. The van der Waals surface area contributed by atoms with E-state index in [4.69, 9.17) is 10.5 Å². The van der Waals surface area contributed by atoms with E-state index in [1.54, 1.807) is 11.0 Å². The predicted octanol–water partition coefficient (Wildman–Crippen LogP) is 2.73. The molecule has 1 heterocycles. The molecule has 23 heavy (non-hydrogen) atoms. The Labute approximate surface area is 137 Å². The van der Waals surface area contributed by atoms with E-state index in [9.17, 15) is 9.18 Å². The maximum absolute atomic E-state index is 13.9. The van der Waals surface area contributed by atoms with Gasteiger partial charge in [-0.05, 0) is 39.3 Å². The molecule has 2 rings (SSSR count). The summed E-state index contributed by atoms with van der Waals surface area (Å²) in [4.78, 5) is 16.0. The third kappa shape index (κ3) is 4.58. The van der Waals surface area contributed by atoms with Gasteiger partial charge in [0.25, 0.3) is 0 Å². The second-order valence-electron chi connectivity index (χ2n) is 6.75. The highest BCUT2D eigenvalue weighted by atomic mass is 19.1. The van der Waals surface area contributed by atoms with Crippen molar-refractivity contribution in [1.29, 1.82) is 0 Å². The van der Waals surface area contributed by atoms with Gasteiger partial charge in [0.2, 0.25) is 0 Å². The van der Waals surface area contributed by atoms with Crippen LogP contribution in [0.2, 0.25) is 0 Å². The topological polar surface area (TPSA) is 58.8 Å². The molecule has 0 atom stereocenters. The molecule has 1 aromatic rings. The van der Waals surface area contributed by atoms with Crippen molar-refractivity contribution in [2.45, 2.75) is 39.3 Å². The first-order valence-electron chi connectivity index (χ1n) is 8.02. The largest absolute Gasteiger partial charge is 0.444 e. The molecule has 0 radical (unpaired) electrons. The maximum atomic E-state index is 13.9. The van der Waals surface area contributed by atoms with Gasteiger partial charge in [0, 0.05) is 44.0 Å². The summed E-state index contributed by atoms with van der Waals surface area (Å²) in [6.07, 6.45) is 0.511. The smallest absolute Gasteiger partial charge is 0.410 e. The Balaban J connectivity index is 2.07. The van der Waals surface area contributed by atoms with Crippen molar-refractivity contribution < 1.29 is 13.9 Å². The number of ether oxygens (including phenoxy) is 1. The normalized spacial score (nSPS) is 16.2. The first-order chi connectivity index (χ1) is 10.8. The van der Waals surface area contributed by atoms with Gasteiger partial charge in [-0.3, -0.25) is 0 Å². The molecule has 1 amide bonds. The average molecular weight is 323 g/mol. The van der Waals surface area contributed by atoms with Crippen molar-refractivity contribution in [2.24, 2.45) is 5.73 Å². The van der Waals surface area contributed by atoms with Gasteiger partial charge >= 0.3 is 6.09 Å². The van der Waals surface area contributed by atoms with E-state index in [2.05, 4.69) is 4.90 Å². The van der Waals surface area contributed by atoms with Crippen LogP contribution in [-0.2, 0) is 11.3 Å². The van der Waals surface area contributed by atoms with Crippen molar-refractivity contribution in [3.8, 4) is 0 Å². The molecule has 128 valence electrons. The Hall–Kier alpha value is -1.82.